The number of hydrogen-bond acceptors (Lipinski definition) is 2. The lowest BCUT2D eigenvalue weighted by molar-refractivity contribution is -0.146. The van der Waals surface area contributed by atoms with Crippen LogP contribution in [0.2, 0.25) is 0 Å². The van der Waals surface area contributed by atoms with E-state index in [1.165, 1.54) is 25.7 Å². The van der Waals surface area contributed by atoms with Gasteiger partial charge in [-0.3, -0.25) is 0 Å². The standard InChI is InChI=1S/C12H20O2/c1-10(9-13)7-11-3-6-14-12(8-11)4-2-5-12/h9-11H,2-8H2,1H3. The molecule has 2 atom stereocenters. The highest BCUT2D eigenvalue weighted by Gasteiger charge is 2.42. The Bertz CT molecular complexity index is 208. The fourth-order valence-electron chi connectivity index (χ4n) is 2.83. The molecular formula is C12H20O2. The molecule has 2 heteroatoms. The summed E-state index contributed by atoms with van der Waals surface area (Å²) in [6, 6.07) is 0. The predicted octanol–water partition coefficient (Wildman–Crippen LogP) is 2.56. The van der Waals surface area contributed by atoms with Crippen molar-refractivity contribution >= 4 is 6.29 Å². The lowest BCUT2D eigenvalue weighted by Gasteiger charge is -2.47. The van der Waals surface area contributed by atoms with Crippen molar-refractivity contribution in [3.05, 3.63) is 0 Å². The molecular weight excluding hydrogens is 176 g/mol. The van der Waals surface area contributed by atoms with E-state index in [9.17, 15) is 4.79 Å². The number of hydrogen-bond donors (Lipinski definition) is 0. The maximum Gasteiger partial charge on any atom is 0.122 e. The topological polar surface area (TPSA) is 26.3 Å². The van der Waals surface area contributed by atoms with Gasteiger partial charge in [0.1, 0.15) is 6.29 Å². The highest BCUT2D eigenvalue weighted by molar-refractivity contribution is 5.52. The van der Waals surface area contributed by atoms with Gasteiger partial charge in [0, 0.05) is 12.5 Å². The fourth-order valence-corrected chi connectivity index (χ4v) is 2.83. The Hall–Kier alpha value is -0.370. The van der Waals surface area contributed by atoms with E-state index >= 15 is 0 Å². The Morgan fingerprint density at radius 1 is 1.57 bits per heavy atom. The molecule has 80 valence electrons. The van der Waals surface area contributed by atoms with E-state index in [4.69, 9.17) is 4.74 Å². The van der Waals surface area contributed by atoms with Gasteiger partial charge in [-0.15, -0.1) is 0 Å². The molecule has 1 saturated carbocycles. The normalized spacial score (nSPS) is 32.2. The van der Waals surface area contributed by atoms with Crippen molar-refractivity contribution in [2.75, 3.05) is 6.61 Å². The fraction of sp³-hybridized carbons (Fsp3) is 0.917. The third-order valence-electron chi connectivity index (χ3n) is 3.80. The van der Waals surface area contributed by atoms with Crippen LogP contribution in [0, 0.1) is 11.8 Å². The summed E-state index contributed by atoms with van der Waals surface area (Å²) in [5, 5.41) is 0. The quantitative estimate of drug-likeness (QED) is 0.648. The van der Waals surface area contributed by atoms with Crippen LogP contribution in [0.5, 0.6) is 0 Å². The molecule has 1 heterocycles. The van der Waals surface area contributed by atoms with Gasteiger partial charge < -0.3 is 9.53 Å². The SMILES string of the molecule is CC(C=O)CC1CCOC2(CCC2)C1. The van der Waals surface area contributed by atoms with Crippen LogP contribution in [0.25, 0.3) is 0 Å². The third kappa shape index (κ3) is 2.00. The highest BCUT2D eigenvalue weighted by Crippen LogP contribution is 2.45. The Balaban J connectivity index is 1.84. The first-order valence-corrected chi connectivity index (χ1v) is 5.83. The van der Waals surface area contributed by atoms with Crippen molar-refractivity contribution in [3.63, 3.8) is 0 Å². The molecule has 1 spiro atoms. The van der Waals surface area contributed by atoms with Crippen molar-refractivity contribution < 1.29 is 9.53 Å². The molecule has 0 aromatic carbocycles. The molecule has 2 rings (SSSR count). The molecule has 0 aromatic rings. The molecule has 2 nitrogen and oxygen atoms in total. The smallest absolute Gasteiger partial charge is 0.122 e. The van der Waals surface area contributed by atoms with Gasteiger partial charge in [0.25, 0.3) is 0 Å². The first-order chi connectivity index (χ1) is 6.74. The predicted molar refractivity (Wildman–Crippen MR) is 55.1 cm³/mol. The van der Waals surface area contributed by atoms with Crippen LogP contribution in [0.15, 0.2) is 0 Å². The molecule has 2 aliphatic rings. The Morgan fingerprint density at radius 2 is 2.36 bits per heavy atom. The van der Waals surface area contributed by atoms with Gasteiger partial charge in [-0.1, -0.05) is 6.92 Å². The van der Waals surface area contributed by atoms with Crippen LogP contribution in [0.4, 0.5) is 0 Å². The van der Waals surface area contributed by atoms with E-state index in [-0.39, 0.29) is 11.5 Å². The minimum Gasteiger partial charge on any atom is -0.375 e. The highest BCUT2D eigenvalue weighted by atomic mass is 16.5. The summed E-state index contributed by atoms with van der Waals surface area (Å²) in [4.78, 5) is 10.6. The number of carbonyl (C=O) groups excluding carboxylic acids is 1. The zero-order valence-corrected chi connectivity index (χ0v) is 9.00. The second-order valence-electron chi connectivity index (χ2n) is 5.09. The first-order valence-electron chi connectivity index (χ1n) is 5.83. The van der Waals surface area contributed by atoms with Crippen LogP contribution in [-0.2, 0) is 9.53 Å². The zero-order chi connectivity index (χ0) is 10.0. The molecule has 14 heavy (non-hydrogen) atoms. The summed E-state index contributed by atoms with van der Waals surface area (Å²) >= 11 is 0. The molecule has 0 amide bonds. The minimum absolute atomic E-state index is 0.232. The van der Waals surface area contributed by atoms with Crippen molar-refractivity contribution in [3.8, 4) is 0 Å². The van der Waals surface area contributed by atoms with Crippen molar-refractivity contribution in [2.45, 2.75) is 51.0 Å². The Kier molecular flexibility index (Phi) is 2.91. The second kappa shape index (κ2) is 4.01. The van der Waals surface area contributed by atoms with Gasteiger partial charge >= 0.3 is 0 Å². The van der Waals surface area contributed by atoms with Crippen molar-refractivity contribution in [1.29, 1.82) is 0 Å². The van der Waals surface area contributed by atoms with Crippen LogP contribution >= 0.6 is 0 Å². The number of ether oxygens (including phenoxy) is 1. The number of aldehydes is 1. The van der Waals surface area contributed by atoms with Gasteiger partial charge in [0.2, 0.25) is 0 Å². The van der Waals surface area contributed by atoms with E-state index in [1.54, 1.807) is 0 Å². The molecule has 2 fully saturated rings. The largest absolute Gasteiger partial charge is 0.375 e. The summed E-state index contributed by atoms with van der Waals surface area (Å²) in [6.45, 7) is 2.94. The van der Waals surface area contributed by atoms with Crippen LogP contribution in [-0.4, -0.2) is 18.5 Å². The van der Waals surface area contributed by atoms with E-state index < -0.39 is 0 Å². The monoisotopic (exact) mass is 196 g/mol. The summed E-state index contributed by atoms with van der Waals surface area (Å²) in [7, 11) is 0. The number of carbonyl (C=O) groups is 1. The maximum absolute atomic E-state index is 10.6. The summed E-state index contributed by atoms with van der Waals surface area (Å²) in [5.41, 5.74) is 0.242. The van der Waals surface area contributed by atoms with Gasteiger partial charge in [-0.2, -0.15) is 0 Å². The van der Waals surface area contributed by atoms with Gasteiger partial charge in [0.15, 0.2) is 0 Å². The minimum atomic E-state index is 0.232. The summed E-state index contributed by atoms with van der Waals surface area (Å²) < 4.78 is 5.86. The maximum atomic E-state index is 10.6. The average molecular weight is 196 g/mol. The lowest BCUT2D eigenvalue weighted by Crippen LogP contribution is -2.45. The summed E-state index contributed by atoms with van der Waals surface area (Å²) in [5.74, 6) is 0.958. The van der Waals surface area contributed by atoms with Gasteiger partial charge in [-0.25, -0.2) is 0 Å². The average Bonchev–Trinajstić information content (AvgIpc) is 2.16. The van der Waals surface area contributed by atoms with E-state index in [0.29, 0.717) is 0 Å². The molecule has 2 unspecified atom stereocenters. The molecule has 1 aliphatic heterocycles. The van der Waals surface area contributed by atoms with Crippen LogP contribution < -0.4 is 0 Å². The van der Waals surface area contributed by atoms with E-state index in [2.05, 4.69) is 0 Å². The Morgan fingerprint density at radius 3 is 2.93 bits per heavy atom. The first kappa shape index (κ1) is 10.2. The van der Waals surface area contributed by atoms with E-state index in [0.717, 1.165) is 31.7 Å². The molecule has 0 radical (unpaired) electrons. The third-order valence-corrected chi connectivity index (χ3v) is 3.80. The molecule has 0 aromatic heterocycles. The molecule has 1 aliphatic carbocycles. The van der Waals surface area contributed by atoms with E-state index in [1.807, 2.05) is 6.92 Å². The van der Waals surface area contributed by atoms with Crippen molar-refractivity contribution in [1.82, 2.24) is 0 Å². The van der Waals surface area contributed by atoms with Crippen LogP contribution in [0.1, 0.15) is 45.4 Å². The summed E-state index contributed by atoms with van der Waals surface area (Å²) in [6.07, 6.45) is 8.33. The molecule has 0 N–H and O–H groups in total. The Labute approximate surface area is 86.0 Å². The lowest BCUT2D eigenvalue weighted by atomic mass is 9.70. The van der Waals surface area contributed by atoms with Crippen LogP contribution in [0.3, 0.4) is 0 Å². The molecule has 1 saturated heterocycles. The zero-order valence-electron chi connectivity index (χ0n) is 9.00. The van der Waals surface area contributed by atoms with Crippen molar-refractivity contribution in [2.24, 2.45) is 11.8 Å². The second-order valence-corrected chi connectivity index (χ2v) is 5.09. The molecule has 0 bridgehead atoms. The van der Waals surface area contributed by atoms with Gasteiger partial charge in [-0.05, 0) is 44.4 Å². The number of rotatable bonds is 3. The van der Waals surface area contributed by atoms with Gasteiger partial charge in [0.05, 0.1) is 5.60 Å².